The van der Waals surface area contributed by atoms with Crippen LogP contribution in [0.2, 0.25) is 0 Å². The van der Waals surface area contributed by atoms with Crippen LogP contribution >= 0.6 is 0 Å². The third-order valence-electron chi connectivity index (χ3n) is 4.36. The van der Waals surface area contributed by atoms with E-state index in [0.717, 1.165) is 0 Å². The summed E-state index contributed by atoms with van der Waals surface area (Å²) in [6, 6.07) is 15.1. The molecule has 0 unspecified atom stereocenters. The van der Waals surface area contributed by atoms with E-state index in [1.165, 1.54) is 27.8 Å². The second-order valence-electron chi connectivity index (χ2n) is 7.44. The number of rotatable bonds is 3. The van der Waals surface area contributed by atoms with Crippen molar-refractivity contribution in [1.82, 2.24) is 0 Å². The van der Waals surface area contributed by atoms with E-state index < -0.39 is 0 Å². The molecule has 0 heteroatoms. The van der Waals surface area contributed by atoms with Crippen LogP contribution in [0.15, 0.2) is 42.5 Å². The maximum atomic E-state index is 2.40. The van der Waals surface area contributed by atoms with Crippen LogP contribution in [0.1, 0.15) is 87.1 Å². The van der Waals surface area contributed by atoms with Gasteiger partial charge < -0.3 is 0 Å². The van der Waals surface area contributed by atoms with Gasteiger partial charge in [0.1, 0.15) is 0 Å². The molecule has 0 bridgehead atoms. The Labute approximate surface area is 144 Å². The van der Waals surface area contributed by atoms with Crippen LogP contribution in [0.3, 0.4) is 0 Å². The van der Waals surface area contributed by atoms with Gasteiger partial charge in [0.05, 0.1) is 0 Å². The van der Waals surface area contributed by atoms with Crippen LogP contribution in [0.5, 0.6) is 0 Å². The molecule has 0 spiro atoms. The highest BCUT2D eigenvalue weighted by Gasteiger charge is 2.13. The molecule has 0 N–H and O–H groups in total. The summed E-state index contributed by atoms with van der Waals surface area (Å²) < 4.78 is 0. The molecule has 2 aromatic carbocycles. The van der Waals surface area contributed by atoms with E-state index in [4.69, 9.17) is 0 Å². The minimum atomic E-state index is 0.621. The van der Waals surface area contributed by atoms with Crippen molar-refractivity contribution in [2.24, 2.45) is 0 Å². The monoisotopic (exact) mass is 310 g/mol. The summed E-state index contributed by atoms with van der Waals surface area (Å²) in [5.41, 5.74) is 7.35. The fourth-order valence-electron chi connectivity index (χ4n) is 2.85. The van der Waals surface area contributed by atoms with Crippen molar-refractivity contribution in [3.8, 4) is 0 Å². The van der Waals surface area contributed by atoms with Gasteiger partial charge in [-0.25, -0.2) is 0 Å². The Morgan fingerprint density at radius 2 is 1.04 bits per heavy atom. The second kappa shape index (κ2) is 8.91. The number of benzene rings is 2. The number of aryl methyl sites for hydroxylation is 1. The first-order chi connectivity index (χ1) is 10.7. The van der Waals surface area contributed by atoms with Crippen LogP contribution in [-0.4, -0.2) is 0 Å². The Hall–Kier alpha value is -1.56. The molecule has 2 rings (SSSR count). The van der Waals surface area contributed by atoms with E-state index in [0.29, 0.717) is 17.8 Å². The molecule has 0 heterocycles. The Balaban J connectivity index is 0.000000313. The average Bonchev–Trinajstić information content (AvgIpc) is 2.48. The predicted molar refractivity (Wildman–Crippen MR) is 105 cm³/mol. The zero-order chi connectivity index (χ0) is 17.6. The molecule has 0 saturated heterocycles. The molecule has 0 nitrogen and oxygen atoms in total. The quantitative estimate of drug-likeness (QED) is 0.555. The van der Waals surface area contributed by atoms with Gasteiger partial charge in [-0.15, -0.1) is 0 Å². The van der Waals surface area contributed by atoms with E-state index in [9.17, 15) is 0 Å². The first-order valence-electron chi connectivity index (χ1n) is 8.90. The Bertz CT molecular complexity index is 560. The number of hydrogen-bond donors (Lipinski definition) is 0. The highest BCUT2D eigenvalue weighted by atomic mass is 14.2. The van der Waals surface area contributed by atoms with Crippen LogP contribution < -0.4 is 0 Å². The van der Waals surface area contributed by atoms with E-state index in [1.54, 1.807) is 0 Å². The summed E-state index contributed by atoms with van der Waals surface area (Å²) in [6.45, 7) is 18.1. The third kappa shape index (κ3) is 5.86. The lowest BCUT2D eigenvalue weighted by atomic mass is 9.85. The third-order valence-corrected chi connectivity index (χ3v) is 4.36. The van der Waals surface area contributed by atoms with Crippen molar-refractivity contribution in [3.05, 3.63) is 70.3 Å². The molecule has 23 heavy (non-hydrogen) atoms. The van der Waals surface area contributed by atoms with Gasteiger partial charge in [0.2, 0.25) is 0 Å². The predicted octanol–water partition coefficient (Wildman–Crippen LogP) is 7.36. The first kappa shape index (κ1) is 19.5. The van der Waals surface area contributed by atoms with E-state index >= 15 is 0 Å². The van der Waals surface area contributed by atoms with Crippen molar-refractivity contribution in [1.29, 1.82) is 0 Å². The summed E-state index contributed by atoms with van der Waals surface area (Å²) in [7, 11) is 0. The topological polar surface area (TPSA) is 0 Å². The highest BCUT2D eigenvalue weighted by Crippen LogP contribution is 2.31. The van der Waals surface area contributed by atoms with Gasteiger partial charge in [0.15, 0.2) is 0 Å². The minimum absolute atomic E-state index is 0.621. The minimum Gasteiger partial charge on any atom is -0.0622 e. The number of hydrogen-bond acceptors (Lipinski definition) is 0. The summed E-state index contributed by atoms with van der Waals surface area (Å²) in [5.74, 6) is 1.86. The Morgan fingerprint density at radius 1 is 0.609 bits per heavy atom. The molecule has 0 aliphatic rings. The fourth-order valence-corrected chi connectivity index (χ4v) is 2.85. The maximum Gasteiger partial charge on any atom is -0.0216 e. The van der Waals surface area contributed by atoms with Crippen LogP contribution in [0.25, 0.3) is 0 Å². The molecule has 0 aliphatic carbocycles. The van der Waals surface area contributed by atoms with Crippen LogP contribution in [-0.2, 0) is 0 Å². The molecule has 0 atom stereocenters. The van der Waals surface area contributed by atoms with Gasteiger partial charge in [0.25, 0.3) is 0 Å². The molecule has 2 aromatic rings. The lowest BCUT2D eigenvalue weighted by Gasteiger charge is -2.20. The van der Waals surface area contributed by atoms with E-state index in [-0.39, 0.29) is 0 Å². The van der Waals surface area contributed by atoms with Gasteiger partial charge in [-0.3, -0.25) is 0 Å². The molecular weight excluding hydrogens is 276 g/mol. The molecular formula is C23H34. The smallest absolute Gasteiger partial charge is 0.0216 e. The summed E-state index contributed by atoms with van der Waals surface area (Å²) in [6.07, 6.45) is 0. The lowest BCUT2D eigenvalue weighted by molar-refractivity contribution is 0.792. The Kier molecular flexibility index (Phi) is 7.55. The standard InChI is InChI=1S/C16H26.C7H8/c1-10(2)14-8-15(11(3)4)13(7)16(9-14)12(5)6;1-7-5-3-2-4-6-7/h8-12H,1-7H3;2-6H,1H3. The molecule has 0 aliphatic heterocycles. The average molecular weight is 311 g/mol. The van der Waals surface area contributed by atoms with E-state index in [1.807, 2.05) is 18.2 Å². The van der Waals surface area contributed by atoms with Gasteiger partial charge in [-0.05, 0) is 53.9 Å². The zero-order valence-corrected chi connectivity index (χ0v) is 16.3. The van der Waals surface area contributed by atoms with Crippen molar-refractivity contribution < 1.29 is 0 Å². The van der Waals surface area contributed by atoms with Gasteiger partial charge in [0, 0.05) is 0 Å². The summed E-state index contributed by atoms with van der Waals surface area (Å²) in [4.78, 5) is 0. The van der Waals surface area contributed by atoms with Gasteiger partial charge in [-0.2, -0.15) is 0 Å². The molecule has 0 fully saturated rings. The van der Waals surface area contributed by atoms with Crippen molar-refractivity contribution in [3.63, 3.8) is 0 Å². The van der Waals surface area contributed by atoms with Crippen LogP contribution in [0.4, 0.5) is 0 Å². The lowest BCUT2D eigenvalue weighted by Crippen LogP contribution is -2.03. The zero-order valence-electron chi connectivity index (χ0n) is 16.3. The van der Waals surface area contributed by atoms with Crippen molar-refractivity contribution >= 4 is 0 Å². The fraction of sp³-hybridized carbons (Fsp3) is 0.478. The van der Waals surface area contributed by atoms with Gasteiger partial charge >= 0.3 is 0 Å². The molecule has 0 aromatic heterocycles. The maximum absolute atomic E-state index is 2.40. The van der Waals surface area contributed by atoms with Gasteiger partial charge in [-0.1, -0.05) is 89.6 Å². The van der Waals surface area contributed by atoms with E-state index in [2.05, 4.69) is 79.7 Å². The molecule has 126 valence electrons. The highest BCUT2D eigenvalue weighted by molar-refractivity contribution is 5.42. The first-order valence-corrected chi connectivity index (χ1v) is 8.90. The molecule has 0 amide bonds. The Morgan fingerprint density at radius 3 is 1.30 bits per heavy atom. The molecule has 0 radical (unpaired) electrons. The second-order valence-corrected chi connectivity index (χ2v) is 7.44. The van der Waals surface area contributed by atoms with Crippen molar-refractivity contribution in [2.45, 2.75) is 73.1 Å². The summed E-state index contributed by atoms with van der Waals surface area (Å²) >= 11 is 0. The SMILES string of the molecule is Cc1c(C(C)C)cc(C(C)C)cc1C(C)C.Cc1ccccc1. The van der Waals surface area contributed by atoms with Crippen molar-refractivity contribution in [2.75, 3.05) is 0 Å². The summed E-state index contributed by atoms with van der Waals surface area (Å²) in [5, 5.41) is 0. The molecule has 0 saturated carbocycles. The van der Waals surface area contributed by atoms with Crippen LogP contribution in [0, 0.1) is 13.8 Å². The largest absolute Gasteiger partial charge is 0.0622 e. The normalized spacial score (nSPS) is 10.9.